The van der Waals surface area contributed by atoms with Gasteiger partial charge in [0, 0.05) is 23.6 Å². The third-order valence-corrected chi connectivity index (χ3v) is 9.56. The number of amides is 1. The molecule has 0 saturated carbocycles. The molecule has 3 rings (SSSR count). The summed E-state index contributed by atoms with van der Waals surface area (Å²) in [4.78, 5) is 26.0. The fourth-order valence-electron chi connectivity index (χ4n) is 2.67. The van der Waals surface area contributed by atoms with Crippen LogP contribution in [0.3, 0.4) is 0 Å². The Balaban J connectivity index is 1.59. The summed E-state index contributed by atoms with van der Waals surface area (Å²) in [5.74, 6) is -0.769. The quantitative estimate of drug-likeness (QED) is 0.325. The van der Waals surface area contributed by atoms with Gasteiger partial charge in [-0.25, -0.2) is 21.8 Å². The number of non-ortho nitro benzene ring substituents is 1. The molecule has 0 aliphatic heterocycles. The molecule has 0 aliphatic rings. The molecular formula is C19H16ClN3O7S3. The number of anilines is 1. The molecule has 0 saturated heterocycles. The zero-order chi connectivity index (χ0) is 24.2. The monoisotopic (exact) mass is 529 g/mol. The second-order valence-corrected chi connectivity index (χ2v) is 12.4. The summed E-state index contributed by atoms with van der Waals surface area (Å²) < 4.78 is 49.8. The van der Waals surface area contributed by atoms with Gasteiger partial charge in [0.2, 0.25) is 15.7 Å². The van der Waals surface area contributed by atoms with Gasteiger partial charge in [0.1, 0.15) is 4.21 Å². The number of sulfone groups is 2. The van der Waals surface area contributed by atoms with Gasteiger partial charge in [0.25, 0.3) is 5.69 Å². The highest BCUT2D eigenvalue weighted by Crippen LogP contribution is 2.29. The minimum Gasteiger partial charge on any atom is -0.302 e. The molecule has 3 aromatic rings. The topological polar surface area (TPSA) is 153 Å². The number of rotatable bonds is 9. The van der Waals surface area contributed by atoms with Gasteiger partial charge in [0.15, 0.2) is 15.0 Å². The summed E-state index contributed by atoms with van der Waals surface area (Å²) in [6.45, 7) is 0. The number of nitrogens with one attached hydrogen (secondary N) is 1. The van der Waals surface area contributed by atoms with Crippen molar-refractivity contribution in [2.45, 2.75) is 26.8 Å². The van der Waals surface area contributed by atoms with Gasteiger partial charge >= 0.3 is 0 Å². The van der Waals surface area contributed by atoms with E-state index < -0.39 is 30.5 Å². The largest absolute Gasteiger partial charge is 0.302 e. The highest BCUT2D eigenvalue weighted by Gasteiger charge is 2.22. The van der Waals surface area contributed by atoms with Crippen LogP contribution < -0.4 is 5.32 Å². The molecule has 1 aromatic heterocycles. The number of benzene rings is 2. The van der Waals surface area contributed by atoms with Crippen LogP contribution in [0.4, 0.5) is 10.8 Å². The van der Waals surface area contributed by atoms with Gasteiger partial charge in [-0.1, -0.05) is 22.9 Å². The highest BCUT2D eigenvalue weighted by atomic mass is 35.5. The number of hydrogen-bond donors (Lipinski definition) is 1. The molecule has 0 radical (unpaired) electrons. The van der Waals surface area contributed by atoms with Crippen molar-refractivity contribution in [1.82, 2.24) is 4.98 Å². The van der Waals surface area contributed by atoms with Gasteiger partial charge < -0.3 is 5.32 Å². The van der Waals surface area contributed by atoms with E-state index in [0.717, 1.165) is 30.5 Å². The van der Waals surface area contributed by atoms with Gasteiger partial charge in [-0.05, 0) is 42.8 Å². The first kappa shape index (κ1) is 24.8. The molecule has 2 aromatic carbocycles. The van der Waals surface area contributed by atoms with E-state index in [9.17, 15) is 31.7 Å². The number of nitro groups is 1. The maximum Gasteiger partial charge on any atom is 0.269 e. The molecule has 10 nitrogen and oxygen atoms in total. The molecule has 0 aliphatic carbocycles. The van der Waals surface area contributed by atoms with Gasteiger partial charge in [-0.2, -0.15) is 0 Å². The van der Waals surface area contributed by atoms with Crippen LogP contribution in [0.1, 0.15) is 12.8 Å². The Labute approximate surface area is 198 Å². The molecular weight excluding hydrogens is 514 g/mol. The van der Waals surface area contributed by atoms with Crippen molar-refractivity contribution < 1.29 is 26.6 Å². The van der Waals surface area contributed by atoms with Crippen LogP contribution in [0.2, 0.25) is 5.02 Å². The number of thiazole rings is 1. The molecule has 1 amide bonds. The summed E-state index contributed by atoms with van der Waals surface area (Å²) >= 11 is 6.47. The third kappa shape index (κ3) is 6.13. The number of aromatic nitrogens is 1. The van der Waals surface area contributed by atoms with Crippen LogP contribution in [0.15, 0.2) is 68.7 Å². The van der Waals surface area contributed by atoms with E-state index in [1.165, 1.54) is 24.3 Å². The zero-order valence-electron chi connectivity index (χ0n) is 16.7. The maximum absolute atomic E-state index is 12.7. The van der Waals surface area contributed by atoms with Crippen molar-refractivity contribution >= 4 is 59.3 Å². The molecule has 14 heteroatoms. The third-order valence-electron chi connectivity index (χ3n) is 4.34. The first-order valence-corrected chi connectivity index (χ1v) is 13.6. The fourth-order valence-corrected chi connectivity index (χ4v) is 6.55. The summed E-state index contributed by atoms with van der Waals surface area (Å²) in [7, 11) is -7.55. The molecule has 1 heterocycles. The number of hydrogen-bond acceptors (Lipinski definition) is 9. The summed E-state index contributed by atoms with van der Waals surface area (Å²) in [5, 5.41) is 13.6. The molecule has 0 bridgehead atoms. The number of nitro benzene ring substituents is 1. The van der Waals surface area contributed by atoms with E-state index in [1.54, 1.807) is 0 Å². The lowest BCUT2D eigenvalue weighted by Crippen LogP contribution is -2.14. The SMILES string of the molecule is O=C(CCCS(=O)(=O)c1ccc(Cl)cc1)Nc1ncc(S(=O)(=O)c2ccc([N+](=O)[O-])cc2)s1. The molecule has 0 fully saturated rings. The van der Waals surface area contributed by atoms with Gasteiger partial charge in [-0.3, -0.25) is 14.9 Å². The number of carbonyl (C=O) groups is 1. The molecule has 0 atom stereocenters. The normalized spacial score (nSPS) is 11.8. The van der Waals surface area contributed by atoms with Gasteiger partial charge in [0.05, 0.1) is 26.7 Å². The second-order valence-electron chi connectivity index (χ2n) is 6.66. The van der Waals surface area contributed by atoms with Crippen LogP contribution in [0, 0.1) is 10.1 Å². The maximum atomic E-state index is 12.7. The average Bonchev–Trinajstić information content (AvgIpc) is 3.23. The van der Waals surface area contributed by atoms with Crippen molar-refractivity contribution in [2.24, 2.45) is 0 Å². The van der Waals surface area contributed by atoms with E-state index in [4.69, 9.17) is 11.6 Å². The summed E-state index contributed by atoms with van der Waals surface area (Å²) in [5.41, 5.74) is -0.246. The van der Waals surface area contributed by atoms with Crippen molar-refractivity contribution in [3.05, 3.63) is 69.9 Å². The highest BCUT2D eigenvalue weighted by molar-refractivity contribution is 7.93. The predicted molar refractivity (Wildman–Crippen MR) is 122 cm³/mol. The van der Waals surface area contributed by atoms with Gasteiger partial charge in [-0.15, -0.1) is 0 Å². The minimum atomic E-state index is -3.97. The van der Waals surface area contributed by atoms with Crippen LogP contribution in [0.25, 0.3) is 0 Å². The summed E-state index contributed by atoms with van der Waals surface area (Å²) in [6, 6.07) is 10.1. The number of carbonyl (C=O) groups excluding carboxylic acids is 1. The Kier molecular flexibility index (Phi) is 7.47. The molecule has 0 spiro atoms. The predicted octanol–water partition coefficient (Wildman–Crippen LogP) is 3.73. The molecule has 174 valence electrons. The minimum absolute atomic E-state index is 0.0287. The van der Waals surface area contributed by atoms with Crippen LogP contribution >= 0.6 is 22.9 Å². The lowest BCUT2D eigenvalue weighted by Gasteiger charge is -2.05. The zero-order valence-corrected chi connectivity index (χ0v) is 19.9. The van der Waals surface area contributed by atoms with Crippen molar-refractivity contribution in [1.29, 1.82) is 0 Å². The van der Waals surface area contributed by atoms with Crippen molar-refractivity contribution in [3.8, 4) is 0 Å². The number of halogens is 1. The van der Waals surface area contributed by atoms with E-state index in [0.29, 0.717) is 16.4 Å². The van der Waals surface area contributed by atoms with Crippen LogP contribution in [-0.4, -0.2) is 38.4 Å². The van der Waals surface area contributed by atoms with E-state index in [2.05, 4.69) is 10.3 Å². The molecule has 1 N–H and O–H groups in total. The van der Waals surface area contributed by atoms with E-state index in [1.807, 2.05) is 0 Å². The second kappa shape index (κ2) is 9.95. The van der Waals surface area contributed by atoms with Crippen molar-refractivity contribution in [3.63, 3.8) is 0 Å². The summed E-state index contributed by atoms with van der Waals surface area (Å²) in [6.07, 6.45) is 1.01. The van der Waals surface area contributed by atoms with Crippen LogP contribution in [-0.2, 0) is 24.5 Å². The van der Waals surface area contributed by atoms with Crippen LogP contribution in [0.5, 0.6) is 0 Å². The molecule has 0 unspecified atom stereocenters. The smallest absolute Gasteiger partial charge is 0.269 e. The Morgan fingerprint density at radius 2 is 1.64 bits per heavy atom. The first-order chi connectivity index (χ1) is 15.5. The Morgan fingerprint density at radius 1 is 1.03 bits per heavy atom. The standard InChI is InChI=1S/C19H16ClN3O7S3/c20-13-3-7-15(8-4-13)32(27,28)11-1-2-17(24)22-19-21-12-18(31-19)33(29,30)16-9-5-14(6-10-16)23(25)26/h3-10,12H,1-2,11H2,(H,21,22,24). The van der Waals surface area contributed by atoms with E-state index >= 15 is 0 Å². The first-order valence-electron chi connectivity index (χ1n) is 9.22. The fraction of sp³-hybridized carbons (Fsp3) is 0.158. The lowest BCUT2D eigenvalue weighted by atomic mass is 10.3. The molecule has 33 heavy (non-hydrogen) atoms. The van der Waals surface area contributed by atoms with Crippen molar-refractivity contribution in [2.75, 3.05) is 11.1 Å². The Morgan fingerprint density at radius 3 is 2.24 bits per heavy atom. The Bertz CT molecular complexity index is 1390. The number of nitrogens with zero attached hydrogens (tertiary/aromatic N) is 2. The average molecular weight is 530 g/mol. The Hall–Kier alpha value is -2.87. The van der Waals surface area contributed by atoms with E-state index in [-0.39, 0.29) is 43.4 Å². The lowest BCUT2D eigenvalue weighted by molar-refractivity contribution is -0.384.